The van der Waals surface area contributed by atoms with Crippen molar-refractivity contribution < 1.29 is 4.39 Å². The fourth-order valence-electron chi connectivity index (χ4n) is 2.17. The minimum atomic E-state index is -0.174. The van der Waals surface area contributed by atoms with Crippen molar-refractivity contribution in [3.8, 4) is 0 Å². The van der Waals surface area contributed by atoms with Crippen LogP contribution in [0.3, 0.4) is 0 Å². The molecule has 2 rings (SSSR count). The molecule has 3 heteroatoms. The molecule has 20 heavy (non-hydrogen) atoms. The molecule has 1 atom stereocenters. The van der Waals surface area contributed by atoms with Gasteiger partial charge in [-0.3, -0.25) is 0 Å². The SMILES string of the molecule is CNC(CSc1ccc(C)cc1)c1ccc(F)cc1C. The quantitative estimate of drug-likeness (QED) is 0.814. The van der Waals surface area contributed by atoms with Gasteiger partial charge < -0.3 is 5.32 Å². The van der Waals surface area contributed by atoms with Crippen molar-refractivity contribution in [3.63, 3.8) is 0 Å². The van der Waals surface area contributed by atoms with Gasteiger partial charge in [0.25, 0.3) is 0 Å². The molecule has 0 aliphatic heterocycles. The van der Waals surface area contributed by atoms with E-state index in [2.05, 4.69) is 36.5 Å². The fraction of sp³-hybridized carbons (Fsp3) is 0.294. The van der Waals surface area contributed by atoms with Gasteiger partial charge in [-0.25, -0.2) is 4.39 Å². The molecule has 1 unspecified atom stereocenters. The molecule has 0 aromatic heterocycles. The van der Waals surface area contributed by atoms with Gasteiger partial charge in [-0.15, -0.1) is 11.8 Å². The molecular weight excluding hydrogens is 269 g/mol. The first kappa shape index (κ1) is 15.1. The third-order valence-electron chi connectivity index (χ3n) is 3.39. The summed E-state index contributed by atoms with van der Waals surface area (Å²) >= 11 is 1.81. The maximum Gasteiger partial charge on any atom is 0.123 e. The molecule has 2 aromatic carbocycles. The van der Waals surface area contributed by atoms with E-state index in [1.165, 1.54) is 16.5 Å². The van der Waals surface area contributed by atoms with Gasteiger partial charge in [-0.2, -0.15) is 0 Å². The Morgan fingerprint density at radius 2 is 1.80 bits per heavy atom. The van der Waals surface area contributed by atoms with Crippen LogP contribution in [0.25, 0.3) is 0 Å². The zero-order valence-electron chi connectivity index (χ0n) is 12.1. The Bertz CT molecular complexity index is 566. The van der Waals surface area contributed by atoms with E-state index in [-0.39, 0.29) is 11.9 Å². The molecule has 0 spiro atoms. The zero-order valence-corrected chi connectivity index (χ0v) is 12.9. The maximum absolute atomic E-state index is 13.2. The molecule has 2 aromatic rings. The van der Waals surface area contributed by atoms with Crippen molar-refractivity contribution in [1.29, 1.82) is 0 Å². The Morgan fingerprint density at radius 3 is 2.40 bits per heavy atom. The first-order valence-corrected chi connectivity index (χ1v) is 7.71. The first-order valence-electron chi connectivity index (χ1n) is 6.73. The second kappa shape index (κ2) is 6.91. The van der Waals surface area contributed by atoms with Crippen LogP contribution in [0.5, 0.6) is 0 Å². The molecule has 0 fully saturated rings. The molecule has 1 nitrogen and oxygen atoms in total. The smallest absolute Gasteiger partial charge is 0.123 e. The van der Waals surface area contributed by atoms with Gasteiger partial charge in [0.15, 0.2) is 0 Å². The van der Waals surface area contributed by atoms with Crippen LogP contribution in [0.15, 0.2) is 47.4 Å². The van der Waals surface area contributed by atoms with Crippen LogP contribution in [0.4, 0.5) is 4.39 Å². The predicted octanol–water partition coefficient (Wildman–Crippen LogP) is 4.50. The summed E-state index contributed by atoms with van der Waals surface area (Å²) in [6.07, 6.45) is 0. The summed E-state index contributed by atoms with van der Waals surface area (Å²) in [6, 6.07) is 13.8. The molecule has 0 radical (unpaired) electrons. The van der Waals surface area contributed by atoms with Crippen molar-refractivity contribution >= 4 is 11.8 Å². The molecule has 0 saturated carbocycles. The second-order valence-corrected chi connectivity index (χ2v) is 6.06. The van der Waals surface area contributed by atoms with Crippen molar-refractivity contribution in [2.75, 3.05) is 12.8 Å². The second-order valence-electron chi connectivity index (χ2n) is 4.97. The lowest BCUT2D eigenvalue weighted by Crippen LogP contribution is -2.19. The summed E-state index contributed by atoms with van der Waals surface area (Å²) < 4.78 is 13.2. The summed E-state index contributed by atoms with van der Waals surface area (Å²) in [5.74, 6) is 0.749. The fourth-order valence-corrected chi connectivity index (χ4v) is 3.21. The highest BCUT2D eigenvalue weighted by molar-refractivity contribution is 7.99. The maximum atomic E-state index is 13.2. The standard InChI is InChI=1S/C17H20FNS/c1-12-4-7-15(8-5-12)20-11-17(19-3)16-9-6-14(18)10-13(16)2/h4-10,17,19H,11H2,1-3H3. The summed E-state index contributed by atoms with van der Waals surface area (Å²) in [4.78, 5) is 1.26. The Hall–Kier alpha value is -1.32. The Balaban J connectivity index is 2.07. The third kappa shape index (κ3) is 3.84. The van der Waals surface area contributed by atoms with Crippen molar-refractivity contribution in [3.05, 3.63) is 65.0 Å². The van der Waals surface area contributed by atoms with Crippen LogP contribution in [-0.2, 0) is 0 Å². The highest BCUT2D eigenvalue weighted by Gasteiger charge is 2.12. The van der Waals surface area contributed by atoms with Gasteiger partial charge in [0.1, 0.15) is 5.82 Å². The van der Waals surface area contributed by atoms with E-state index >= 15 is 0 Å². The van der Waals surface area contributed by atoms with Gasteiger partial charge in [0, 0.05) is 16.7 Å². The summed E-state index contributed by atoms with van der Waals surface area (Å²) in [7, 11) is 1.95. The van der Waals surface area contributed by atoms with Gasteiger partial charge in [-0.05, 0) is 56.3 Å². The number of aryl methyl sites for hydroxylation is 2. The molecule has 0 amide bonds. The van der Waals surface area contributed by atoms with Crippen molar-refractivity contribution in [2.24, 2.45) is 0 Å². The van der Waals surface area contributed by atoms with E-state index in [1.54, 1.807) is 6.07 Å². The van der Waals surface area contributed by atoms with E-state index in [0.29, 0.717) is 0 Å². The van der Waals surface area contributed by atoms with Crippen LogP contribution in [0, 0.1) is 19.7 Å². The van der Waals surface area contributed by atoms with Crippen molar-refractivity contribution in [1.82, 2.24) is 5.32 Å². The lowest BCUT2D eigenvalue weighted by molar-refractivity contribution is 0.617. The van der Waals surface area contributed by atoms with E-state index < -0.39 is 0 Å². The predicted molar refractivity (Wildman–Crippen MR) is 84.8 cm³/mol. The van der Waals surface area contributed by atoms with Gasteiger partial charge in [0.2, 0.25) is 0 Å². The molecule has 0 bridgehead atoms. The van der Waals surface area contributed by atoms with Crippen LogP contribution in [0.1, 0.15) is 22.7 Å². The van der Waals surface area contributed by atoms with Crippen LogP contribution in [-0.4, -0.2) is 12.8 Å². The lowest BCUT2D eigenvalue weighted by atomic mass is 10.0. The van der Waals surface area contributed by atoms with Gasteiger partial charge >= 0.3 is 0 Å². The number of hydrogen-bond donors (Lipinski definition) is 1. The average Bonchev–Trinajstić information content (AvgIpc) is 2.43. The van der Waals surface area contributed by atoms with Crippen molar-refractivity contribution in [2.45, 2.75) is 24.8 Å². The average molecular weight is 289 g/mol. The Kier molecular flexibility index (Phi) is 5.21. The Labute approximate surface area is 124 Å². The molecule has 1 N–H and O–H groups in total. The van der Waals surface area contributed by atoms with Crippen LogP contribution >= 0.6 is 11.8 Å². The van der Waals surface area contributed by atoms with Crippen LogP contribution in [0.2, 0.25) is 0 Å². The number of thioether (sulfide) groups is 1. The number of nitrogens with one attached hydrogen (secondary N) is 1. The summed E-state index contributed by atoms with van der Waals surface area (Å²) in [5, 5.41) is 3.32. The molecule has 0 saturated heterocycles. The first-order chi connectivity index (χ1) is 9.60. The topological polar surface area (TPSA) is 12.0 Å². The minimum Gasteiger partial charge on any atom is -0.312 e. The largest absolute Gasteiger partial charge is 0.312 e. The molecule has 0 aliphatic carbocycles. The van der Waals surface area contributed by atoms with Crippen LogP contribution < -0.4 is 5.32 Å². The molecular formula is C17H20FNS. The molecule has 106 valence electrons. The third-order valence-corrected chi connectivity index (χ3v) is 4.50. The monoisotopic (exact) mass is 289 g/mol. The highest BCUT2D eigenvalue weighted by atomic mass is 32.2. The minimum absolute atomic E-state index is 0.174. The highest BCUT2D eigenvalue weighted by Crippen LogP contribution is 2.26. The number of hydrogen-bond acceptors (Lipinski definition) is 2. The number of benzene rings is 2. The lowest BCUT2D eigenvalue weighted by Gasteiger charge is -2.18. The summed E-state index contributed by atoms with van der Waals surface area (Å²) in [6.45, 7) is 4.05. The van der Waals surface area contributed by atoms with E-state index in [9.17, 15) is 4.39 Å². The van der Waals surface area contributed by atoms with Gasteiger partial charge in [0.05, 0.1) is 0 Å². The molecule has 0 heterocycles. The van der Waals surface area contributed by atoms with E-state index in [4.69, 9.17) is 0 Å². The van der Waals surface area contributed by atoms with E-state index in [1.807, 2.05) is 31.8 Å². The van der Waals surface area contributed by atoms with E-state index in [0.717, 1.165) is 16.9 Å². The zero-order chi connectivity index (χ0) is 14.5. The summed E-state index contributed by atoms with van der Waals surface area (Å²) in [5.41, 5.74) is 3.43. The number of halogens is 1. The number of rotatable bonds is 5. The Morgan fingerprint density at radius 1 is 1.10 bits per heavy atom. The van der Waals surface area contributed by atoms with Gasteiger partial charge in [-0.1, -0.05) is 23.8 Å². The normalized spacial score (nSPS) is 12.4. The molecule has 0 aliphatic rings.